The van der Waals surface area contributed by atoms with Gasteiger partial charge in [0.15, 0.2) is 0 Å². The van der Waals surface area contributed by atoms with Crippen LogP contribution in [-0.2, 0) is 393 Å². The third kappa shape index (κ3) is 80.2. The Bertz CT molecular complexity index is 2440. The van der Waals surface area contributed by atoms with E-state index in [1.54, 1.807) is 0 Å². The molecular formula is C64H78O6Y12-6. The third-order valence-electron chi connectivity index (χ3n) is 7.38. The first-order valence-corrected chi connectivity index (χ1v) is 23.3. The Kier molecular flexibility index (Phi) is 108. The van der Waals surface area contributed by atoms with Gasteiger partial charge in [-0.25, -0.2) is 5.56 Å². The summed E-state index contributed by atoms with van der Waals surface area (Å²) in [6, 6.07) is 50.8. The van der Waals surface area contributed by atoms with E-state index in [0.29, 0.717) is 11.1 Å². The van der Waals surface area contributed by atoms with Crippen LogP contribution in [0.25, 0.3) is 12.2 Å². The molecule has 6 N–H and O–H groups in total. The van der Waals surface area contributed by atoms with Crippen molar-refractivity contribution in [3.8, 4) is 58.2 Å². The second-order valence-electron chi connectivity index (χ2n) is 18.8. The van der Waals surface area contributed by atoms with Gasteiger partial charge in [-0.15, -0.1) is 6.08 Å². The van der Waals surface area contributed by atoms with E-state index in [1.807, 2.05) is 121 Å². The summed E-state index contributed by atoms with van der Waals surface area (Å²) in [6.07, 6.45) is 8.06. The molecule has 0 unspecified atom stereocenters. The molecule has 18 heteroatoms. The standard InChI is InChI=1S/C12H16O2.C12H14O2.C12H14.C12H12.C6H6O2.C6H4.2C2H6.12Y/c2*1-12(2,3)7-6-9-8-10(13)4-5-11(9)14;2*1-12(2,3)10-9-11-7-5-4-6-8-11;7-5-1-2-6(8)4-3-5;1-2-4-6-5-3-1;2*1-2;;;;;;;;;;;;/h4-8,13-14H,1-3H3;4-5,8,13-14H,1-3H3;4-5,8-10H,1-3H3;4-5,8H,1-3H3;1-4,7-8H;1-2,5-6H;2*1-2H3;;;;;;;;;;;;/q;;2*-2;;-2;;;;;;;;;;;;;;/b7-6+;;10-9+;;;;;;;;;;;;;;;;;. The van der Waals surface area contributed by atoms with E-state index in [2.05, 4.69) is 135 Å². The van der Waals surface area contributed by atoms with Gasteiger partial charge in [-0.05, 0) is 113 Å². The quantitative estimate of drug-likeness (QED) is 0.0584. The number of hydrogen-bond acceptors (Lipinski definition) is 6. The van der Waals surface area contributed by atoms with Gasteiger partial charge < -0.3 is 42.8 Å². The number of phenols is 6. The van der Waals surface area contributed by atoms with E-state index >= 15 is 0 Å². The van der Waals surface area contributed by atoms with Crippen LogP contribution in [-0.4, -0.2) is 30.6 Å². The van der Waals surface area contributed by atoms with Crippen LogP contribution in [0.1, 0.15) is 133 Å². The molecule has 0 aliphatic rings. The molecular weight excluding hydrogens is 1930 g/mol. The zero-order valence-electron chi connectivity index (χ0n) is 51.5. The summed E-state index contributed by atoms with van der Waals surface area (Å²) < 4.78 is 0. The van der Waals surface area contributed by atoms with Crippen molar-refractivity contribution in [3.63, 3.8) is 0 Å². The number of rotatable bonds is 2. The Labute approximate surface area is 800 Å². The maximum absolute atomic E-state index is 9.47. The van der Waals surface area contributed by atoms with E-state index in [4.69, 9.17) is 10.2 Å². The van der Waals surface area contributed by atoms with Gasteiger partial charge in [-0.2, -0.15) is 12.0 Å². The molecule has 0 fully saturated rings. The Morgan fingerprint density at radius 3 is 1.06 bits per heavy atom. The van der Waals surface area contributed by atoms with Gasteiger partial charge in [-0.1, -0.05) is 93.2 Å². The maximum Gasteiger partial charge on any atom is 0.131 e. The predicted molar refractivity (Wildman–Crippen MR) is 294 cm³/mol. The van der Waals surface area contributed by atoms with Gasteiger partial charge in [0.2, 0.25) is 0 Å². The van der Waals surface area contributed by atoms with Gasteiger partial charge in [0, 0.05) is 409 Å². The number of benzene rings is 6. The molecule has 0 spiro atoms. The smallest absolute Gasteiger partial charge is 0.131 e. The van der Waals surface area contributed by atoms with Gasteiger partial charge in [0.25, 0.3) is 0 Å². The fraction of sp³-hybridized carbons (Fsp3) is 0.312. The fourth-order valence-electron chi connectivity index (χ4n) is 4.13. The minimum Gasteiger partial charge on any atom is -0.508 e. The molecule has 0 atom stereocenters. The Morgan fingerprint density at radius 2 is 0.707 bits per heavy atom. The second kappa shape index (κ2) is 72.8. The van der Waals surface area contributed by atoms with Gasteiger partial charge in [-0.3, -0.25) is 96.4 Å². The second-order valence-corrected chi connectivity index (χ2v) is 18.8. The zero-order chi connectivity index (χ0) is 53.8. The van der Waals surface area contributed by atoms with Crippen LogP contribution in [0.2, 0.25) is 0 Å². The van der Waals surface area contributed by atoms with Crippen LogP contribution in [0.5, 0.6) is 34.5 Å². The molecule has 6 nitrogen and oxygen atoms in total. The molecule has 6 aromatic rings. The first-order valence-electron chi connectivity index (χ1n) is 23.3. The molecule has 0 amide bonds. The summed E-state index contributed by atoms with van der Waals surface area (Å²) in [7, 11) is 0. The molecule has 0 aliphatic heterocycles. The number of hydrogen-bond donors (Lipinski definition) is 6. The van der Waals surface area contributed by atoms with Gasteiger partial charge in [0.1, 0.15) is 34.5 Å². The summed E-state index contributed by atoms with van der Waals surface area (Å²) in [4.78, 5) is 0. The van der Waals surface area contributed by atoms with E-state index in [-0.39, 0.29) is 449 Å². The van der Waals surface area contributed by atoms with Gasteiger partial charge >= 0.3 is 0 Å². The Hall–Kier alpha value is 5.97. The number of aromatic hydroxyl groups is 6. The summed E-state index contributed by atoms with van der Waals surface area (Å²) in [5, 5.41) is 54.6. The molecule has 82 heavy (non-hydrogen) atoms. The van der Waals surface area contributed by atoms with Crippen molar-refractivity contribution in [1.82, 2.24) is 0 Å². The molecule has 0 bridgehead atoms. The van der Waals surface area contributed by atoms with E-state index in [1.165, 1.54) is 60.7 Å². The summed E-state index contributed by atoms with van der Waals surface area (Å²) in [5.41, 5.74) is 3.35. The number of phenolic OH excluding ortho intramolecular Hbond substituents is 6. The minimum absolute atomic E-state index is 0. The van der Waals surface area contributed by atoms with Crippen LogP contribution in [0.4, 0.5) is 0 Å². The first-order chi connectivity index (χ1) is 32.7. The Morgan fingerprint density at radius 1 is 0.366 bits per heavy atom. The Balaban J connectivity index is -0.0000000548. The summed E-state index contributed by atoms with van der Waals surface area (Å²) in [6.45, 7) is 33.0. The zero-order valence-corrected chi connectivity index (χ0v) is 85.5. The molecule has 412 valence electrons. The first kappa shape index (κ1) is 122. The monoisotopic (exact) mass is 2010 g/mol. The molecule has 6 rings (SSSR count). The van der Waals surface area contributed by atoms with Crippen molar-refractivity contribution in [3.05, 3.63) is 192 Å². The van der Waals surface area contributed by atoms with Crippen molar-refractivity contribution in [2.75, 3.05) is 0 Å². The molecule has 0 saturated heterocycles. The van der Waals surface area contributed by atoms with Crippen molar-refractivity contribution >= 4 is 12.2 Å². The van der Waals surface area contributed by atoms with Crippen molar-refractivity contribution in [2.24, 2.45) is 21.7 Å². The minimum atomic E-state index is -0.113. The van der Waals surface area contributed by atoms with Crippen molar-refractivity contribution < 1.29 is 423 Å². The van der Waals surface area contributed by atoms with Crippen molar-refractivity contribution in [1.29, 1.82) is 0 Å². The normalized spacial score (nSPS) is 8.78. The van der Waals surface area contributed by atoms with Crippen LogP contribution in [0.3, 0.4) is 0 Å². The van der Waals surface area contributed by atoms with E-state index in [0.717, 1.165) is 11.1 Å². The molecule has 0 aromatic heterocycles. The number of allylic oxidation sites excluding steroid dienone is 2. The van der Waals surface area contributed by atoms with Crippen LogP contribution in [0, 0.1) is 81.7 Å². The maximum atomic E-state index is 9.47. The largest absolute Gasteiger partial charge is 0.508 e. The van der Waals surface area contributed by atoms with Crippen LogP contribution in [0.15, 0.2) is 133 Å². The predicted octanol–water partition coefficient (Wildman–Crippen LogP) is 16.1. The summed E-state index contributed by atoms with van der Waals surface area (Å²) >= 11 is 0. The van der Waals surface area contributed by atoms with E-state index in [9.17, 15) is 20.4 Å². The van der Waals surface area contributed by atoms with Gasteiger partial charge in [0.05, 0.1) is 5.56 Å². The van der Waals surface area contributed by atoms with Crippen molar-refractivity contribution in [2.45, 2.75) is 111 Å². The molecule has 0 aliphatic carbocycles. The molecule has 6 aromatic carbocycles. The van der Waals surface area contributed by atoms with Crippen LogP contribution < -0.4 is 0 Å². The fourth-order valence-corrected chi connectivity index (χ4v) is 4.13. The molecule has 12 radical (unpaired) electrons. The summed E-state index contributed by atoms with van der Waals surface area (Å²) in [5.74, 6) is 12.9. The molecule has 0 saturated carbocycles. The van der Waals surface area contributed by atoms with Crippen LogP contribution >= 0.6 is 0 Å². The van der Waals surface area contributed by atoms with E-state index < -0.39 is 0 Å². The molecule has 0 heterocycles. The third-order valence-corrected chi connectivity index (χ3v) is 7.38. The average molecular weight is 2010 g/mol. The topological polar surface area (TPSA) is 121 Å². The SMILES string of the molecule is CC.CC.CC(C)(C)/C=C/c1[c-]cc[c-]c1.CC(C)(C)/C=C/c1cc(O)ccc1O.CC(C)(C)C#Cc1[c-]cc[c-]c1.CC(C)(C)C#Cc1cc(O)ccc1O.Oc1ccc(O)cc1.[Y].[Y].[Y].[Y].[Y].[Y].[Y].[Y].[Y].[Y].[Y].[Y].[c-]1cc[c-]cc1. The average Bonchev–Trinajstić information content (AvgIpc) is 3.32.